The number of rotatable bonds is 2. The van der Waals surface area contributed by atoms with Crippen LogP contribution in [-0.2, 0) is 4.74 Å². The molecule has 0 aliphatic carbocycles. The molecule has 0 saturated heterocycles. The van der Waals surface area contributed by atoms with Crippen LogP contribution >= 0.6 is 0 Å². The average Bonchev–Trinajstić information content (AvgIpc) is 2.41. The normalized spacial score (nSPS) is 22.1. The summed E-state index contributed by atoms with van der Waals surface area (Å²) in [6.45, 7) is 1.93. The summed E-state index contributed by atoms with van der Waals surface area (Å²) in [6, 6.07) is 5.16. The third-order valence-corrected chi connectivity index (χ3v) is 3.37. The maximum Gasteiger partial charge on any atom is 0.337 e. The Balaban J connectivity index is 2.39. The van der Waals surface area contributed by atoms with Gasteiger partial charge in [0.05, 0.1) is 31.0 Å². The number of aliphatic hydroxyl groups excluding tert-OH is 1. The van der Waals surface area contributed by atoms with Crippen molar-refractivity contribution < 1.29 is 19.4 Å². The molecular formula is C13H17NO4. The number of ether oxygens (including phenoxy) is 2. The lowest BCUT2D eigenvalue weighted by molar-refractivity contribution is 0.0600. The van der Waals surface area contributed by atoms with Crippen LogP contribution < -0.4 is 9.64 Å². The van der Waals surface area contributed by atoms with Gasteiger partial charge < -0.3 is 19.5 Å². The van der Waals surface area contributed by atoms with Gasteiger partial charge in [-0.1, -0.05) is 0 Å². The summed E-state index contributed by atoms with van der Waals surface area (Å²) in [5.41, 5.74) is 1.32. The van der Waals surface area contributed by atoms with E-state index in [9.17, 15) is 9.90 Å². The van der Waals surface area contributed by atoms with Crippen molar-refractivity contribution in [2.45, 2.75) is 19.1 Å². The van der Waals surface area contributed by atoms with E-state index in [4.69, 9.17) is 9.47 Å². The van der Waals surface area contributed by atoms with Crippen molar-refractivity contribution in [3.05, 3.63) is 23.8 Å². The van der Waals surface area contributed by atoms with Crippen LogP contribution in [0.5, 0.6) is 5.75 Å². The summed E-state index contributed by atoms with van der Waals surface area (Å²) in [4.78, 5) is 13.5. The molecule has 0 fully saturated rings. The third-order valence-electron chi connectivity index (χ3n) is 3.37. The molecule has 98 valence electrons. The van der Waals surface area contributed by atoms with Gasteiger partial charge in [-0.15, -0.1) is 0 Å². The molecule has 0 spiro atoms. The van der Waals surface area contributed by atoms with E-state index < -0.39 is 0 Å². The predicted molar refractivity (Wildman–Crippen MR) is 67.1 cm³/mol. The highest BCUT2D eigenvalue weighted by Crippen LogP contribution is 2.36. The molecule has 5 heteroatoms. The minimum atomic E-state index is -0.372. The molecule has 2 unspecified atom stereocenters. The molecule has 0 radical (unpaired) electrons. The van der Waals surface area contributed by atoms with Gasteiger partial charge >= 0.3 is 5.97 Å². The van der Waals surface area contributed by atoms with Crippen LogP contribution in [0.2, 0.25) is 0 Å². The summed E-state index contributed by atoms with van der Waals surface area (Å²) in [5, 5.41) is 9.26. The van der Waals surface area contributed by atoms with Crippen LogP contribution in [-0.4, -0.2) is 44.0 Å². The van der Waals surface area contributed by atoms with E-state index in [-0.39, 0.29) is 24.7 Å². The SMILES string of the molecule is COC(=O)c1ccc2c(c1)N(C)C(C)C(CO)O2. The quantitative estimate of drug-likeness (QED) is 0.796. The van der Waals surface area contributed by atoms with E-state index in [1.165, 1.54) is 7.11 Å². The van der Waals surface area contributed by atoms with E-state index >= 15 is 0 Å². The fourth-order valence-corrected chi connectivity index (χ4v) is 2.06. The standard InChI is InChI=1S/C13H17NO4/c1-8-12(7-15)18-11-5-4-9(13(16)17-3)6-10(11)14(8)2/h4-6,8,12,15H,7H2,1-3H3. The first-order valence-electron chi connectivity index (χ1n) is 5.81. The zero-order chi connectivity index (χ0) is 13.3. The molecule has 1 aliphatic heterocycles. The van der Waals surface area contributed by atoms with Crippen LogP contribution in [0.4, 0.5) is 5.69 Å². The van der Waals surface area contributed by atoms with Gasteiger partial charge in [-0.3, -0.25) is 0 Å². The molecular weight excluding hydrogens is 234 g/mol. The molecule has 1 aromatic carbocycles. The van der Waals surface area contributed by atoms with Gasteiger partial charge in [0.1, 0.15) is 11.9 Å². The lowest BCUT2D eigenvalue weighted by atomic mass is 10.1. The lowest BCUT2D eigenvalue weighted by Crippen LogP contribution is -2.47. The number of benzene rings is 1. The Morgan fingerprint density at radius 1 is 1.56 bits per heavy atom. The lowest BCUT2D eigenvalue weighted by Gasteiger charge is -2.39. The zero-order valence-corrected chi connectivity index (χ0v) is 10.7. The number of anilines is 1. The maximum atomic E-state index is 11.5. The summed E-state index contributed by atoms with van der Waals surface area (Å²) in [5.74, 6) is 0.297. The van der Waals surface area contributed by atoms with Gasteiger partial charge in [0.15, 0.2) is 0 Å². The second kappa shape index (κ2) is 4.86. The Bertz CT molecular complexity index is 460. The van der Waals surface area contributed by atoms with Gasteiger partial charge in [-0.05, 0) is 25.1 Å². The fourth-order valence-electron chi connectivity index (χ4n) is 2.06. The number of methoxy groups -OCH3 is 1. The smallest absolute Gasteiger partial charge is 0.337 e. The highest BCUT2D eigenvalue weighted by molar-refractivity contribution is 5.91. The number of likely N-dealkylation sites (N-methyl/N-ethyl adjacent to an activating group) is 1. The Kier molecular flexibility index (Phi) is 3.43. The van der Waals surface area contributed by atoms with Crippen molar-refractivity contribution in [1.82, 2.24) is 0 Å². The topological polar surface area (TPSA) is 59.0 Å². The van der Waals surface area contributed by atoms with Crippen LogP contribution in [0, 0.1) is 0 Å². The van der Waals surface area contributed by atoms with E-state index in [0.717, 1.165) is 5.69 Å². The van der Waals surface area contributed by atoms with E-state index in [0.29, 0.717) is 11.3 Å². The molecule has 2 atom stereocenters. The average molecular weight is 251 g/mol. The van der Waals surface area contributed by atoms with Crippen molar-refractivity contribution in [3.8, 4) is 5.75 Å². The largest absolute Gasteiger partial charge is 0.484 e. The van der Waals surface area contributed by atoms with Crippen LogP contribution in [0.15, 0.2) is 18.2 Å². The minimum Gasteiger partial charge on any atom is -0.484 e. The first kappa shape index (κ1) is 12.7. The van der Waals surface area contributed by atoms with Crippen molar-refractivity contribution in [3.63, 3.8) is 0 Å². The second-order valence-corrected chi connectivity index (χ2v) is 4.36. The van der Waals surface area contributed by atoms with Crippen molar-refractivity contribution >= 4 is 11.7 Å². The molecule has 0 bridgehead atoms. The number of carbonyl (C=O) groups excluding carboxylic acids is 1. The van der Waals surface area contributed by atoms with E-state index in [2.05, 4.69) is 0 Å². The van der Waals surface area contributed by atoms with Crippen LogP contribution in [0.3, 0.4) is 0 Å². The highest BCUT2D eigenvalue weighted by atomic mass is 16.5. The molecule has 1 heterocycles. The van der Waals surface area contributed by atoms with Gasteiger partial charge in [0.2, 0.25) is 0 Å². The number of esters is 1. The highest BCUT2D eigenvalue weighted by Gasteiger charge is 2.30. The summed E-state index contributed by atoms with van der Waals surface area (Å²) in [7, 11) is 3.27. The predicted octanol–water partition coefficient (Wildman–Crippen LogP) is 1.05. The van der Waals surface area contributed by atoms with Crippen molar-refractivity contribution in [2.75, 3.05) is 25.7 Å². The third kappa shape index (κ3) is 2.01. The molecule has 18 heavy (non-hydrogen) atoms. The fraction of sp³-hybridized carbons (Fsp3) is 0.462. The molecule has 1 N–H and O–H groups in total. The first-order valence-corrected chi connectivity index (χ1v) is 5.81. The minimum absolute atomic E-state index is 0.0374. The molecule has 0 saturated carbocycles. The molecule has 1 aromatic rings. The number of fused-ring (bicyclic) bond motifs is 1. The zero-order valence-electron chi connectivity index (χ0n) is 10.7. The Labute approximate surface area is 106 Å². The van der Waals surface area contributed by atoms with Crippen LogP contribution in [0.25, 0.3) is 0 Å². The Morgan fingerprint density at radius 3 is 2.89 bits per heavy atom. The van der Waals surface area contributed by atoms with Crippen molar-refractivity contribution in [2.24, 2.45) is 0 Å². The number of hydrogen-bond donors (Lipinski definition) is 1. The molecule has 1 aliphatic rings. The molecule has 0 amide bonds. The van der Waals surface area contributed by atoms with Gasteiger partial charge in [0.25, 0.3) is 0 Å². The van der Waals surface area contributed by atoms with Gasteiger partial charge in [0, 0.05) is 7.05 Å². The molecule has 2 rings (SSSR count). The monoisotopic (exact) mass is 251 g/mol. The number of hydrogen-bond acceptors (Lipinski definition) is 5. The maximum absolute atomic E-state index is 11.5. The summed E-state index contributed by atoms with van der Waals surface area (Å²) < 4.78 is 10.4. The number of nitrogens with zero attached hydrogens (tertiary/aromatic N) is 1. The molecule has 0 aromatic heterocycles. The Morgan fingerprint density at radius 2 is 2.28 bits per heavy atom. The van der Waals surface area contributed by atoms with Gasteiger partial charge in [-0.25, -0.2) is 4.79 Å². The first-order chi connectivity index (χ1) is 8.58. The van der Waals surface area contributed by atoms with Crippen LogP contribution in [0.1, 0.15) is 17.3 Å². The van der Waals surface area contributed by atoms with E-state index in [1.807, 2.05) is 18.9 Å². The summed E-state index contributed by atoms with van der Waals surface area (Å²) >= 11 is 0. The second-order valence-electron chi connectivity index (χ2n) is 4.36. The van der Waals surface area contributed by atoms with Gasteiger partial charge in [-0.2, -0.15) is 0 Å². The van der Waals surface area contributed by atoms with Crippen molar-refractivity contribution in [1.29, 1.82) is 0 Å². The molecule has 5 nitrogen and oxygen atoms in total. The summed E-state index contributed by atoms with van der Waals surface area (Å²) in [6.07, 6.45) is -0.258. The number of aliphatic hydroxyl groups is 1. The number of carbonyl (C=O) groups is 1. The Hall–Kier alpha value is -1.75. The van der Waals surface area contributed by atoms with E-state index in [1.54, 1.807) is 18.2 Å².